The average Bonchev–Trinajstić information content (AvgIpc) is 3.17. The van der Waals surface area contributed by atoms with Crippen LogP contribution in [0.25, 0.3) is 0 Å². The molecule has 0 heterocycles. The lowest BCUT2D eigenvalue weighted by Crippen LogP contribution is -3.00. The zero-order valence-electron chi connectivity index (χ0n) is 38.8. The van der Waals surface area contributed by atoms with Crippen LogP contribution in [0.15, 0.2) is 0 Å². The van der Waals surface area contributed by atoms with Crippen LogP contribution in [0, 0.1) is 0 Å². The van der Waals surface area contributed by atoms with Crippen molar-refractivity contribution >= 4 is 0 Å². The molecule has 0 amide bonds. The Labute approximate surface area is 351 Å². The minimum absolute atomic E-state index is 0. The van der Waals surface area contributed by atoms with E-state index in [9.17, 15) is 0 Å². The second kappa shape index (κ2) is 49.4. The van der Waals surface area contributed by atoms with E-state index in [4.69, 9.17) is 0 Å². The van der Waals surface area contributed by atoms with Gasteiger partial charge in [-0.25, -0.2) is 0 Å². The fraction of sp³-hybridized carbons (Fsp3) is 1.00. The Bertz CT molecular complexity index is 524. The SMILES string of the molecule is CCCCCCCCCCCCC[N+](CCCCCCCCCCCCC)(CCCCCCCCCCCCC)CCCCCCCCCCCCC.[Cl-]. The van der Waals surface area contributed by atoms with Crippen molar-refractivity contribution in [3.8, 4) is 0 Å². The van der Waals surface area contributed by atoms with Crippen molar-refractivity contribution in [3.63, 3.8) is 0 Å². The summed E-state index contributed by atoms with van der Waals surface area (Å²) in [4.78, 5) is 0. The van der Waals surface area contributed by atoms with Crippen LogP contribution in [-0.2, 0) is 0 Å². The van der Waals surface area contributed by atoms with E-state index in [0.717, 1.165) is 0 Å². The lowest BCUT2D eigenvalue weighted by molar-refractivity contribution is -0.929. The first-order valence-electron chi connectivity index (χ1n) is 26.1. The number of hydrogen-bond donors (Lipinski definition) is 0. The molecular weight excluding hydrogens is 674 g/mol. The van der Waals surface area contributed by atoms with Gasteiger partial charge in [0.25, 0.3) is 0 Å². The maximum absolute atomic E-state index is 2.33. The monoisotopic (exact) mass is 782 g/mol. The van der Waals surface area contributed by atoms with Gasteiger partial charge < -0.3 is 16.9 Å². The first kappa shape index (κ1) is 56.3. The molecule has 1 nitrogen and oxygen atoms in total. The highest BCUT2D eigenvalue weighted by Gasteiger charge is 2.25. The summed E-state index contributed by atoms with van der Waals surface area (Å²) in [5.41, 5.74) is 0. The molecule has 0 aromatic heterocycles. The van der Waals surface area contributed by atoms with Crippen molar-refractivity contribution in [2.75, 3.05) is 26.2 Å². The standard InChI is InChI=1S/C52H108N.ClH/c1-5-9-13-17-21-25-29-33-37-41-45-49-53(50-46-42-38-34-30-26-22-18-14-10-6-2,51-47-43-39-35-31-27-23-19-15-11-7-3)52-48-44-40-36-32-28-24-20-16-12-8-4;/h5-52H2,1-4H3;1H/q+1;/p-1. The fourth-order valence-electron chi connectivity index (χ4n) is 9.12. The van der Waals surface area contributed by atoms with Crippen LogP contribution >= 0.6 is 0 Å². The molecule has 54 heavy (non-hydrogen) atoms. The van der Waals surface area contributed by atoms with E-state index in [1.165, 1.54) is 313 Å². The van der Waals surface area contributed by atoms with Gasteiger partial charge in [-0.2, -0.15) is 0 Å². The maximum atomic E-state index is 2.33. The molecule has 0 bridgehead atoms. The van der Waals surface area contributed by atoms with Crippen LogP contribution in [0.4, 0.5) is 0 Å². The van der Waals surface area contributed by atoms with E-state index >= 15 is 0 Å². The van der Waals surface area contributed by atoms with Crippen molar-refractivity contribution in [3.05, 3.63) is 0 Å². The van der Waals surface area contributed by atoms with Crippen LogP contribution in [0.3, 0.4) is 0 Å². The van der Waals surface area contributed by atoms with Gasteiger partial charge in [-0.3, -0.25) is 0 Å². The smallest absolute Gasteiger partial charge is 0.0786 e. The topological polar surface area (TPSA) is 0 Å². The van der Waals surface area contributed by atoms with Gasteiger partial charge in [-0.1, -0.05) is 259 Å². The first-order valence-corrected chi connectivity index (χ1v) is 26.1. The van der Waals surface area contributed by atoms with E-state index in [0.29, 0.717) is 0 Å². The summed E-state index contributed by atoms with van der Waals surface area (Å²) in [5, 5.41) is 0. The molecular formula is C52H108ClN. The molecule has 0 saturated carbocycles. The average molecular weight is 783 g/mol. The van der Waals surface area contributed by atoms with Crippen molar-refractivity contribution in [2.45, 2.75) is 310 Å². The highest BCUT2D eigenvalue weighted by Crippen LogP contribution is 2.22. The van der Waals surface area contributed by atoms with Crippen LogP contribution in [0.2, 0.25) is 0 Å². The van der Waals surface area contributed by atoms with Gasteiger partial charge in [0.05, 0.1) is 26.2 Å². The number of nitrogens with zero attached hydrogens (tertiary/aromatic N) is 1. The molecule has 2 heteroatoms. The zero-order chi connectivity index (χ0) is 38.4. The second-order valence-electron chi connectivity index (χ2n) is 18.4. The Balaban J connectivity index is 0. The van der Waals surface area contributed by atoms with Crippen molar-refractivity contribution in [2.24, 2.45) is 0 Å². The molecule has 0 radical (unpaired) electrons. The lowest BCUT2D eigenvalue weighted by Gasteiger charge is -2.40. The third kappa shape index (κ3) is 43.4. The van der Waals surface area contributed by atoms with E-state index in [-0.39, 0.29) is 12.4 Å². The van der Waals surface area contributed by atoms with Crippen LogP contribution < -0.4 is 12.4 Å². The minimum atomic E-state index is 0. The molecule has 0 spiro atoms. The van der Waals surface area contributed by atoms with Crippen LogP contribution in [-0.4, -0.2) is 30.7 Å². The minimum Gasteiger partial charge on any atom is -1.00 e. The summed E-state index contributed by atoms with van der Waals surface area (Å²) >= 11 is 0. The first-order chi connectivity index (χ1) is 26.2. The zero-order valence-corrected chi connectivity index (χ0v) is 39.5. The molecule has 0 fully saturated rings. The van der Waals surface area contributed by atoms with E-state index in [1.54, 1.807) is 0 Å². The van der Waals surface area contributed by atoms with Crippen molar-refractivity contribution in [1.82, 2.24) is 0 Å². The number of halogens is 1. The van der Waals surface area contributed by atoms with Crippen LogP contribution in [0.5, 0.6) is 0 Å². The Morgan fingerprint density at radius 1 is 0.167 bits per heavy atom. The van der Waals surface area contributed by atoms with Crippen molar-refractivity contribution in [1.29, 1.82) is 0 Å². The van der Waals surface area contributed by atoms with E-state index < -0.39 is 0 Å². The van der Waals surface area contributed by atoms with Gasteiger partial charge in [-0.15, -0.1) is 0 Å². The van der Waals surface area contributed by atoms with E-state index in [2.05, 4.69) is 27.7 Å². The third-order valence-electron chi connectivity index (χ3n) is 12.9. The van der Waals surface area contributed by atoms with E-state index in [1.807, 2.05) is 0 Å². The Morgan fingerprint density at radius 2 is 0.278 bits per heavy atom. The van der Waals surface area contributed by atoms with Crippen LogP contribution in [0.1, 0.15) is 310 Å². The second-order valence-corrected chi connectivity index (χ2v) is 18.4. The summed E-state index contributed by atoms with van der Waals surface area (Å²) in [5.74, 6) is 0. The molecule has 0 aliphatic heterocycles. The Kier molecular flexibility index (Phi) is 51.5. The number of hydrogen-bond acceptors (Lipinski definition) is 0. The quantitative estimate of drug-likeness (QED) is 0.0426. The van der Waals surface area contributed by atoms with Gasteiger partial charge >= 0.3 is 0 Å². The van der Waals surface area contributed by atoms with Gasteiger partial charge in [-0.05, 0) is 51.4 Å². The van der Waals surface area contributed by atoms with Gasteiger partial charge in [0.1, 0.15) is 0 Å². The molecule has 328 valence electrons. The number of unbranched alkanes of at least 4 members (excludes halogenated alkanes) is 40. The highest BCUT2D eigenvalue weighted by molar-refractivity contribution is 4.57. The molecule has 0 N–H and O–H groups in total. The Morgan fingerprint density at radius 3 is 0.407 bits per heavy atom. The van der Waals surface area contributed by atoms with Gasteiger partial charge in [0, 0.05) is 0 Å². The third-order valence-corrected chi connectivity index (χ3v) is 12.9. The predicted molar refractivity (Wildman–Crippen MR) is 246 cm³/mol. The summed E-state index contributed by atoms with van der Waals surface area (Å²) in [6, 6.07) is 0. The summed E-state index contributed by atoms with van der Waals surface area (Å²) in [6.07, 6.45) is 64.7. The highest BCUT2D eigenvalue weighted by atomic mass is 35.5. The number of quaternary nitrogens is 1. The largest absolute Gasteiger partial charge is 1.00 e. The normalized spacial score (nSPS) is 11.8. The molecule has 0 saturated heterocycles. The number of rotatable bonds is 48. The molecule has 0 aromatic rings. The van der Waals surface area contributed by atoms with Gasteiger partial charge in [0.2, 0.25) is 0 Å². The molecule has 0 atom stereocenters. The maximum Gasteiger partial charge on any atom is 0.0786 e. The summed E-state index contributed by atoms with van der Waals surface area (Å²) in [7, 11) is 0. The van der Waals surface area contributed by atoms with Crippen molar-refractivity contribution < 1.29 is 16.9 Å². The van der Waals surface area contributed by atoms with Gasteiger partial charge in [0.15, 0.2) is 0 Å². The summed E-state index contributed by atoms with van der Waals surface area (Å²) < 4.78 is 1.49. The Hall–Kier alpha value is 0.250. The molecule has 0 rings (SSSR count). The molecule has 0 aliphatic rings. The predicted octanol–water partition coefficient (Wildman–Crippen LogP) is 16.1. The molecule has 0 aliphatic carbocycles. The molecule has 0 aromatic carbocycles. The fourth-order valence-corrected chi connectivity index (χ4v) is 9.12. The lowest BCUT2D eigenvalue weighted by atomic mass is 10.0. The molecule has 0 unspecified atom stereocenters. The summed E-state index contributed by atoms with van der Waals surface area (Å²) in [6.45, 7) is 15.3.